The summed E-state index contributed by atoms with van der Waals surface area (Å²) in [6.45, 7) is 5.60. The molecular formula is C16H25ClN2O. The van der Waals surface area contributed by atoms with E-state index in [1.165, 1.54) is 5.56 Å². The van der Waals surface area contributed by atoms with E-state index in [0.717, 1.165) is 44.2 Å². The average Bonchev–Trinajstić information content (AvgIpc) is 2.47. The fourth-order valence-corrected chi connectivity index (χ4v) is 3.12. The Morgan fingerprint density at radius 2 is 2.10 bits per heavy atom. The highest BCUT2D eigenvalue weighted by molar-refractivity contribution is 6.30. The van der Waals surface area contributed by atoms with Gasteiger partial charge in [-0.05, 0) is 56.5 Å². The van der Waals surface area contributed by atoms with Crippen LogP contribution in [0.3, 0.4) is 0 Å². The molecule has 1 aromatic carbocycles. The van der Waals surface area contributed by atoms with E-state index in [9.17, 15) is 0 Å². The molecule has 3 nitrogen and oxygen atoms in total. The van der Waals surface area contributed by atoms with Gasteiger partial charge in [0.15, 0.2) is 0 Å². The molecule has 0 saturated carbocycles. The van der Waals surface area contributed by atoms with E-state index < -0.39 is 0 Å². The third-order valence-electron chi connectivity index (χ3n) is 4.56. The number of nitrogens with zero attached hydrogens (tertiary/aromatic N) is 1. The maximum absolute atomic E-state index is 6.09. The van der Waals surface area contributed by atoms with E-state index in [0.29, 0.717) is 6.04 Å². The van der Waals surface area contributed by atoms with Crippen molar-refractivity contribution in [3.05, 3.63) is 34.9 Å². The highest BCUT2D eigenvalue weighted by Gasteiger charge is 2.33. The van der Waals surface area contributed by atoms with Crippen LogP contribution in [0.25, 0.3) is 0 Å². The molecule has 0 aromatic heterocycles. The lowest BCUT2D eigenvalue weighted by atomic mass is 9.79. The topological polar surface area (TPSA) is 38.5 Å². The minimum Gasteiger partial charge on any atom is -0.381 e. The van der Waals surface area contributed by atoms with Crippen molar-refractivity contribution in [3.63, 3.8) is 0 Å². The lowest BCUT2D eigenvalue weighted by Gasteiger charge is -2.41. The lowest BCUT2D eigenvalue weighted by molar-refractivity contribution is -0.00153. The van der Waals surface area contributed by atoms with Gasteiger partial charge in [0, 0.05) is 30.8 Å². The summed E-state index contributed by atoms with van der Waals surface area (Å²) in [5.41, 5.74) is 7.49. The first-order valence-electron chi connectivity index (χ1n) is 7.30. The summed E-state index contributed by atoms with van der Waals surface area (Å²) in [5.74, 6) is 0. The van der Waals surface area contributed by atoms with Gasteiger partial charge in [0.1, 0.15) is 0 Å². The summed E-state index contributed by atoms with van der Waals surface area (Å²) in [6, 6.07) is 8.43. The smallest absolute Gasteiger partial charge is 0.0472 e. The molecule has 1 heterocycles. The Morgan fingerprint density at radius 1 is 1.40 bits per heavy atom. The predicted molar refractivity (Wildman–Crippen MR) is 84.0 cm³/mol. The van der Waals surface area contributed by atoms with E-state index >= 15 is 0 Å². The summed E-state index contributed by atoms with van der Waals surface area (Å²) >= 11 is 6.09. The molecular weight excluding hydrogens is 272 g/mol. The fourth-order valence-electron chi connectivity index (χ4n) is 2.92. The second-order valence-electron chi connectivity index (χ2n) is 5.96. The summed E-state index contributed by atoms with van der Waals surface area (Å²) < 4.78 is 5.48. The highest BCUT2D eigenvalue weighted by Crippen LogP contribution is 2.32. The van der Waals surface area contributed by atoms with Crippen LogP contribution in [0.5, 0.6) is 0 Å². The van der Waals surface area contributed by atoms with Gasteiger partial charge < -0.3 is 10.5 Å². The highest BCUT2D eigenvalue weighted by atomic mass is 35.5. The van der Waals surface area contributed by atoms with Gasteiger partial charge in [-0.1, -0.05) is 23.7 Å². The van der Waals surface area contributed by atoms with Crippen LogP contribution in [-0.2, 0) is 4.74 Å². The predicted octanol–water partition coefficient (Wildman–Crippen LogP) is 3.09. The maximum Gasteiger partial charge on any atom is 0.0472 e. The van der Waals surface area contributed by atoms with Gasteiger partial charge in [-0.25, -0.2) is 0 Å². The molecule has 1 saturated heterocycles. The first kappa shape index (κ1) is 15.8. The Hall–Kier alpha value is -0.610. The van der Waals surface area contributed by atoms with E-state index in [2.05, 4.69) is 24.9 Å². The summed E-state index contributed by atoms with van der Waals surface area (Å²) in [4.78, 5) is 2.38. The van der Waals surface area contributed by atoms with Crippen molar-refractivity contribution in [2.45, 2.75) is 25.8 Å². The van der Waals surface area contributed by atoms with Gasteiger partial charge in [0.05, 0.1) is 0 Å². The molecule has 0 spiro atoms. The molecule has 0 amide bonds. The third kappa shape index (κ3) is 3.73. The molecule has 112 valence electrons. The van der Waals surface area contributed by atoms with E-state index in [-0.39, 0.29) is 5.41 Å². The largest absolute Gasteiger partial charge is 0.381 e. The first-order chi connectivity index (χ1) is 9.56. The van der Waals surface area contributed by atoms with Gasteiger partial charge >= 0.3 is 0 Å². The SMILES string of the molecule is CC(c1cccc(Cl)c1)N(C)CC1(CN)CCOCC1. The molecule has 2 N–H and O–H groups in total. The number of rotatable bonds is 5. The molecule has 1 atom stereocenters. The normalized spacial score (nSPS) is 20.1. The second kappa shape index (κ2) is 6.90. The third-order valence-corrected chi connectivity index (χ3v) is 4.80. The number of halogens is 1. The van der Waals surface area contributed by atoms with Gasteiger partial charge in [0.25, 0.3) is 0 Å². The van der Waals surface area contributed by atoms with Gasteiger partial charge in [0.2, 0.25) is 0 Å². The zero-order valence-corrected chi connectivity index (χ0v) is 13.2. The van der Waals surface area contributed by atoms with Gasteiger partial charge in [-0.15, -0.1) is 0 Å². The van der Waals surface area contributed by atoms with E-state index in [1.54, 1.807) is 0 Å². The minimum atomic E-state index is 0.194. The number of nitrogens with two attached hydrogens (primary N) is 1. The quantitative estimate of drug-likeness (QED) is 0.907. The van der Waals surface area contributed by atoms with Crippen molar-refractivity contribution in [1.82, 2.24) is 4.90 Å². The van der Waals surface area contributed by atoms with Crippen LogP contribution in [0.15, 0.2) is 24.3 Å². The summed E-state index contributed by atoms with van der Waals surface area (Å²) in [7, 11) is 2.17. The molecule has 0 aliphatic carbocycles. The average molecular weight is 297 g/mol. The Labute approximate surface area is 127 Å². The van der Waals surface area contributed by atoms with Gasteiger partial charge in [-0.3, -0.25) is 4.90 Å². The Balaban J connectivity index is 2.04. The van der Waals surface area contributed by atoms with Crippen molar-refractivity contribution < 1.29 is 4.74 Å². The number of hydrogen-bond donors (Lipinski definition) is 1. The summed E-state index contributed by atoms with van der Waals surface area (Å²) in [6.07, 6.45) is 2.10. The molecule has 1 aliphatic heterocycles. The molecule has 4 heteroatoms. The monoisotopic (exact) mass is 296 g/mol. The van der Waals surface area contributed by atoms with E-state index in [4.69, 9.17) is 22.1 Å². The van der Waals surface area contributed by atoms with Crippen molar-refractivity contribution >= 4 is 11.6 Å². The number of ether oxygens (including phenoxy) is 1. The van der Waals surface area contributed by atoms with Crippen LogP contribution < -0.4 is 5.73 Å². The molecule has 1 unspecified atom stereocenters. The molecule has 2 rings (SSSR count). The van der Waals surface area contributed by atoms with Crippen molar-refractivity contribution in [2.75, 3.05) is 33.4 Å². The van der Waals surface area contributed by atoms with Crippen LogP contribution in [0.2, 0.25) is 5.02 Å². The van der Waals surface area contributed by atoms with Crippen LogP contribution in [0.4, 0.5) is 0 Å². The van der Waals surface area contributed by atoms with Crippen molar-refractivity contribution in [3.8, 4) is 0 Å². The Bertz CT molecular complexity index is 432. The maximum atomic E-state index is 6.09. The Morgan fingerprint density at radius 3 is 2.70 bits per heavy atom. The molecule has 0 bridgehead atoms. The van der Waals surface area contributed by atoms with Crippen LogP contribution in [-0.4, -0.2) is 38.3 Å². The standard InChI is InChI=1S/C16H25ClN2O/c1-13(14-4-3-5-15(17)10-14)19(2)12-16(11-18)6-8-20-9-7-16/h3-5,10,13H,6-9,11-12,18H2,1-2H3. The minimum absolute atomic E-state index is 0.194. The first-order valence-corrected chi connectivity index (χ1v) is 7.68. The van der Waals surface area contributed by atoms with Crippen LogP contribution >= 0.6 is 11.6 Å². The van der Waals surface area contributed by atoms with Gasteiger partial charge in [-0.2, -0.15) is 0 Å². The number of hydrogen-bond acceptors (Lipinski definition) is 3. The molecule has 1 aromatic rings. The molecule has 20 heavy (non-hydrogen) atoms. The fraction of sp³-hybridized carbons (Fsp3) is 0.625. The number of benzene rings is 1. The Kier molecular flexibility index (Phi) is 5.44. The van der Waals surface area contributed by atoms with Crippen molar-refractivity contribution in [1.29, 1.82) is 0 Å². The van der Waals surface area contributed by atoms with Crippen LogP contribution in [0.1, 0.15) is 31.4 Å². The molecule has 1 fully saturated rings. The second-order valence-corrected chi connectivity index (χ2v) is 6.40. The zero-order chi connectivity index (χ0) is 14.6. The molecule has 0 radical (unpaired) electrons. The molecule has 1 aliphatic rings. The lowest BCUT2D eigenvalue weighted by Crippen LogP contribution is -2.45. The van der Waals surface area contributed by atoms with Crippen molar-refractivity contribution in [2.24, 2.45) is 11.1 Å². The van der Waals surface area contributed by atoms with E-state index in [1.807, 2.05) is 18.2 Å². The van der Waals surface area contributed by atoms with Crippen LogP contribution in [0, 0.1) is 5.41 Å². The summed E-state index contributed by atoms with van der Waals surface area (Å²) in [5, 5.41) is 0.794. The zero-order valence-electron chi connectivity index (χ0n) is 12.4.